The van der Waals surface area contributed by atoms with E-state index in [0.717, 1.165) is 32.1 Å². The summed E-state index contributed by atoms with van der Waals surface area (Å²) in [5, 5.41) is 2.87. The summed E-state index contributed by atoms with van der Waals surface area (Å²) in [5.74, 6) is -0.292. The van der Waals surface area contributed by atoms with Crippen LogP contribution in [-0.4, -0.2) is 33.0 Å². The molecular formula is C16H26ClN3O3S. The number of hydrogen-bond donors (Lipinski definition) is 3. The van der Waals surface area contributed by atoms with Gasteiger partial charge in [0.1, 0.15) is 0 Å². The number of rotatable bonds is 9. The predicted molar refractivity (Wildman–Crippen MR) is 96.9 cm³/mol. The van der Waals surface area contributed by atoms with E-state index >= 15 is 0 Å². The summed E-state index contributed by atoms with van der Waals surface area (Å²) < 4.78 is 27.0. The third-order valence-corrected chi connectivity index (χ3v) is 5.35. The molecule has 0 spiro atoms. The molecule has 1 aromatic rings. The molecule has 0 radical (unpaired) electrons. The molecule has 1 aliphatic rings. The summed E-state index contributed by atoms with van der Waals surface area (Å²) in [5.41, 5.74) is 6.01. The zero-order valence-electron chi connectivity index (χ0n) is 13.8. The smallest absolute Gasteiger partial charge is 0.251 e. The van der Waals surface area contributed by atoms with Crippen molar-refractivity contribution < 1.29 is 13.2 Å². The Morgan fingerprint density at radius 1 is 1.38 bits per heavy atom. The Kier molecular flexibility index (Phi) is 8.15. The lowest BCUT2D eigenvalue weighted by atomic mass is 10.1. The summed E-state index contributed by atoms with van der Waals surface area (Å²) in [4.78, 5) is 12.4. The molecule has 1 amide bonds. The first-order valence-corrected chi connectivity index (χ1v) is 9.58. The number of nitrogens with one attached hydrogen (secondary N) is 2. The standard InChI is InChI=1S/C16H25N3O3S.ClH/c1-2-3-6-14(11-17)18-16(20)12-5-4-7-15(10-12)23(21,22)19-13-8-9-13;/h4-5,7,10,13-14,19H,2-3,6,8-9,11,17H2,1H3,(H,18,20);1H. The first kappa shape index (κ1) is 20.9. The fourth-order valence-electron chi connectivity index (χ4n) is 2.26. The van der Waals surface area contributed by atoms with Crippen LogP contribution in [0.5, 0.6) is 0 Å². The highest BCUT2D eigenvalue weighted by Gasteiger charge is 2.28. The van der Waals surface area contributed by atoms with E-state index in [1.807, 2.05) is 0 Å². The summed E-state index contributed by atoms with van der Waals surface area (Å²) in [7, 11) is -3.56. The average Bonchev–Trinajstić information content (AvgIpc) is 3.34. The normalized spacial score (nSPS) is 15.4. The van der Waals surface area contributed by atoms with Gasteiger partial charge in [-0.25, -0.2) is 13.1 Å². The number of unbranched alkanes of at least 4 members (excludes halogenated alkanes) is 1. The fraction of sp³-hybridized carbons (Fsp3) is 0.562. The number of carbonyl (C=O) groups excluding carboxylic acids is 1. The van der Waals surface area contributed by atoms with Gasteiger partial charge in [0.25, 0.3) is 5.91 Å². The van der Waals surface area contributed by atoms with E-state index in [1.54, 1.807) is 12.1 Å². The molecule has 1 atom stereocenters. The molecule has 0 aliphatic heterocycles. The first-order valence-electron chi connectivity index (χ1n) is 8.09. The largest absolute Gasteiger partial charge is 0.348 e. The van der Waals surface area contributed by atoms with Gasteiger partial charge in [-0.1, -0.05) is 25.8 Å². The lowest BCUT2D eigenvalue weighted by Crippen LogP contribution is -2.40. The van der Waals surface area contributed by atoms with Gasteiger partial charge in [-0.05, 0) is 37.5 Å². The van der Waals surface area contributed by atoms with Crippen molar-refractivity contribution >= 4 is 28.3 Å². The maximum Gasteiger partial charge on any atom is 0.251 e. The first-order chi connectivity index (χ1) is 11.0. The molecule has 24 heavy (non-hydrogen) atoms. The SMILES string of the molecule is CCCCC(CN)NC(=O)c1cccc(S(=O)(=O)NC2CC2)c1.Cl. The summed E-state index contributed by atoms with van der Waals surface area (Å²) in [6.45, 7) is 2.45. The van der Waals surface area contributed by atoms with Gasteiger partial charge in [-0.2, -0.15) is 0 Å². The summed E-state index contributed by atoms with van der Waals surface area (Å²) in [6.07, 6.45) is 4.58. The van der Waals surface area contributed by atoms with Crippen molar-refractivity contribution in [1.29, 1.82) is 0 Å². The molecule has 1 unspecified atom stereocenters. The minimum Gasteiger partial charge on any atom is -0.348 e. The van der Waals surface area contributed by atoms with Crippen LogP contribution in [0.15, 0.2) is 29.2 Å². The maximum atomic E-state index is 12.3. The number of nitrogens with two attached hydrogens (primary N) is 1. The van der Waals surface area contributed by atoms with Crippen molar-refractivity contribution in [3.05, 3.63) is 29.8 Å². The Balaban J connectivity index is 0.00000288. The van der Waals surface area contributed by atoms with Crippen LogP contribution in [0.25, 0.3) is 0 Å². The number of benzene rings is 1. The van der Waals surface area contributed by atoms with E-state index < -0.39 is 10.0 Å². The van der Waals surface area contributed by atoms with Crippen LogP contribution in [0.2, 0.25) is 0 Å². The summed E-state index contributed by atoms with van der Waals surface area (Å²) >= 11 is 0. The fourth-order valence-corrected chi connectivity index (χ4v) is 3.61. The van der Waals surface area contributed by atoms with E-state index in [9.17, 15) is 13.2 Å². The number of amides is 1. The molecule has 1 fully saturated rings. The number of sulfonamides is 1. The van der Waals surface area contributed by atoms with Gasteiger partial charge < -0.3 is 11.1 Å². The molecule has 2 rings (SSSR count). The van der Waals surface area contributed by atoms with Crippen LogP contribution in [-0.2, 0) is 10.0 Å². The van der Waals surface area contributed by atoms with Gasteiger partial charge >= 0.3 is 0 Å². The molecule has 0 saturated heterocycles. The van der Waals surface area contributed by atoms with Crippen LogP contribution < -0.4 is 15.8 Å². The van der Waals surface area contributed by atoms with Crippen LogP contribution in [0.3, 0.4) is 0 Å². The van der Waals surface area contributed by atoms with Crippen molar-refractivity contribution in [2.24, 2.45) is 5.73 Å². The van der Waals surface area contributed by atoms with E-state index in [1.165, 1.54) is 12.1 Å². The highest BCUT2D eigenvalue weighted by Crippen LogP contribution is 2.22. The quantitative estimate of drug-likeness (QED) is 0.612. The molecule has 1 saturated carbocycles. The van der Waals surface area contributed by atoms with Crippen molar-refractivity contribution in [3.8, 4) is 0 Å². The Hall–Kier alpha value is -1.15. The van der Waals surface area contributed by atoms with Crippen molar-refractivity contribution in [3.63, 3.8) is 0 Å². The summed E-state index contributed by atoms with van der Waals surface area (Å²) in [6, 6.07) is 6.05. The van der Waals surface area contributed by atoms with Crippen molar-refractivity contribution in [2.75, 3.05) is 6.54 Å². The zero-order valence-corrected chi connectivity index (χ0v) is 15.5. The molecule has 1 aromatic carbocycles. The molecule has 136 valence electrons. The molecule has 0 aromatic heterocycles. The molecule has 1 aliphatic carbocycles. The van der Waals surface area contributed by atoms with E-state index in [2.05, 4.69) is 17.0 Å². The van der Waals surface area contributed by atoms with Gasteiger partial charge in [-0.15, -0.1) is 12.4 Å². The number of hydrogen-bond acceptors (Lipinski definition) is 4. The van der Waals surface area contributed by atoms with E-state index in [-0.39, 0.29) is 35.3 Å². The molecular weight excluding hydrogens is 350 g/mol. The minimum atomic E-state index is -3.56. The lowest BCUT2D eigenvalue weighted by molar-refractivity contribution is 0.0935. The monoisotopic (exact) mass is 375 g/mol. The van der Waals surface area contributed by atoms with Crippen molar-refractivity contribution in [2.45, 2.75) is 56.0 Å². The molecule has 8 heteroatoms. The van der Waals surface area contributed by atoms with Gasteiger partial charge in [0.05, 0.1) is 4.90 Å². The maximum absolute atomic E-state index is 12.3. The number of halogens is 1. The lowest BCUT2D eigenvalue weighted by Gasteiger charge is -2.16. The van der Waals surface area contributed by atoms with Crippen LogP contribution in [0.1, 0.15) is 49.4 Å². The highest BCUT2D eigenvalue weighted by molar-refractivity contribution is 7.89. The molecule has 0 bridgehead atoms. The second-order valence-corrected chi connectivity index (χ2v) is 7.69. The van der Waals surface area contributed by atoms with Crippen LogP contribution >= 0.6 is 12.4 Å². The molecule has 6 nitrogen and oxygen atoms in total. The minimum absolute atomic E-state index is 0. The molecule has 4 N–H and O–H groups in total. The topological polar surface area (TPSA) is 101 Å². The predicted octanol–water partition coefficient (Wildman–Crippen LogP) is 1.80. The van der Waals surface area contributed by atoms with Gasteiger partial charge in [0, 0.05) is 24.2 Å². The van der Waals surface area contributed by atoms with Crippen molar-refractivity contribution in [1.82, 2.24) is 10.0 Å². The van der Waals surface area contributed by atoms with Gasteiger partial charge in [0.15, 0.2) is 0 Å². The number of carbonyl (C=O) groups is 1. The Morgan fingerprint density at radius 3 is 2.67 bits per heavy atom. The van der Waals surface area contributed by atoms with Crippen LogP contribution in [0, 0.1) is 0 Å². The Bertz CT molecular complexity index is 648. The van der Waals surface area contributed by atoms with Gasteiger partial charge in [-0.3, -0.25) is 4.79 Å². The zero-order chi connectivity index (χ0) is 16.9. The van der Waals surface area contributed by atoms with Gasteiger partial charge in [0.2, 0.25) is 10.0 Å². The van der Waals surface area contributed by atoms with E-state index in [0.29, 0.717) is 12.1 Å². The van der Waals surface area contributed by atoms with E-state index in [4.69, 9.17) is 5.73 Å². The second kappa shape index (κ2) is 9.36. The third kappa shape index (κ3) is 6.05. The Labute approximate surface area is 150 Å². The third-order valence-electron chi connectivity index (χ3n) is 3.83. The van der Waals surface area contributed by atoms with Crippen LogP contribution in [0.4, 0.5) is 0 Å². The highest BCUT2D eigenvalue weighted by atomic mass is 35.5. The average molecular weight is 376 g/mol. The molecule has 0 heterocycles. The Morgan fingerprint density at radius 2 is 2.08 bits per heavy atom. The second-order valence-electron chi connectivity index (χ2n) is 5.97.